The Balaban J connectivity index is 1.48. The zero-order chi connectivity index (χ0) is 18.8. The predicted octanol–water partition coefficient (Wildman–Crippen LogP) is 2.72. The minimum absolute atomic E-state index is 0.167. The van der Waals surface area contributed by atoms with Gasteiger partial charge in [0.15, 0.2) is 5.69 Å². The van der Waals surface area contributed by atoms with Gasteiger partial charge >= 0.3 is 0 Å². The Hall–Kier alpha value is -3.48. The molecule has 2 amide bonds. The molecule has 136 valence electrons. The second-order valence-corrected chi connectivity index (χ2v) is 6.55. The summed E-state index contributed by atoms with van der Waals surface area (Å²) in [6.45, 7) is 1.81. The van der Waals surface area contributed by atoms with Gasteiger partial charge in [-0.15, -0.1) is 5.10 Å². The highest BCUT2D eigenvalue weighted by Gasteiger charge is 2.26. The van der Waals surface area contributed by atoms with Crippen molar-refractivity contribution in [2.45, 2.75) is 25.8 Å². The first kappa shape index (κ1) is 17.0. The third kappa shape index (κ3) is 3.72. The summed E-state index contributed by atoms with van der Waals surface area (Å²) < 4.78 is 1.62. The zero-order valence-corrected chi connectivity index (χ0v) is 14.8. The van der Waals surface area contributed by atoms with Crippen LogP contribution in [0.15, 0.2) is 54.6 Å². The lowest BCUT2D eigenvalue weighted by Crippen LogP contribution is -2.26. The molecule has 7 heteroatoms. The number of carbonyl (C=O) groups excluding carboxylic acids is 2. The summed E-state index contributed by atoms with van der Waals surface area (Å²) in [5, 5.41) is 13.9. The number of amides is 2. The second kappa shape index (κ2) is 7.03. The second-order valence-electron chi connectivity index (χ2n) is 6.55. The summed E-state index contributed by atoms with van der Waals surface area (Å²) >= 11 is 0. The van der Waals surface area contributed by atoms with Gasteiger partial charge in [-0.25, -0.2) is 4.68 Å². The number of hydrogen-bond donors (Lipinski definition) is 2. The van der Waals surface area contributed by atoms with E-state index >= 15 is 0 Å². The number of aromatic nitrogens is 3. The van der Waals surface area contributed by atoms with E-state index in [1.165, 1.54) is 0 Å². The third-order valence-electron chi connectivity index (χ3n) is 4.43. The van der Waals surface area contributed by atoms with Crippen LogP contribution in [0.3, 0.4) is 0 Å². The largest absolute Gasteiger partial charge is 0.348 e. The average molecular weight is 361 g/mol. The van der Waals surface area contributed by atoms with E-state index < -0.39 is 0 Å². The topological polar surface area (TPSA) is 88.9 Å². The lowest BCUT2D eigenvalue weighted by Gasteiger charge is -2.08. The molecule has 0 spiro atoms. The predicted molar refractivity (Wildman–Crippen MR) is 101 cm³/mol. The van der Waals surface area contributed by atoms with Crippen molar-refractivity contribution in [2.24, 2.45) is 0 Å². The average Bonchev–Trinajstić information content (AvgIpc) is 3.42. The molecule has 0 radical (unpaired) electrons. The van der Waals surface area contributed by atoms with E-state index in [9.17, 15) is 9.59 Å². The van der Waals surface area contributed by atoms with Crippen LogP contribution in [0.2, 0.25) is 0 Å². The molecule has 0 atom stereocenters. The Morgan fingerprint density at radius 2 is 1.70 bits per heavy atom. The van der Waals surface area contributed by atoms with Crippen molar-refractivity contribution >= 4 is 17.5 Å². The molecule has 0 bridgehead atoms. The summed E-state index contributed by atoms with van der Waals surface area (Å²) in [5.74, 6) is -0.354. The SMILES string of the molecule is Cc1c(C(=O)NC2CC2)nnn1-c1ccc(NC(=O)c2ccccc2)cc1. The van der Waals surface area contributed by atoms with Crippen LogP contribution in [-0.4, -0.2) is 32.9 Å². The normalized spacial score (nSPS) is 13.2. The van der Waals surface area contributed by atoms with Crippen LogP contribution >= 0.6 is 0 Å². The lowest BCUT2D eigenvalue weighted by molar-refractivity contribution is 0.0944. The van der Waals surface area contributed by atoms with Crippen LogP contribution in [-0.2, 0) is 0 Å². The molecule has 1 aliphatic carbocycles. The van der Waals surface area contributed by atoms with Crippen LogP contribution < -0.4 is 10.6 Å². The standard InChI is InChI=1S/C20H19N5O2/c1-13-18(20(27)22-15-7-8-15)23-24-25(13)17-11-9-16(10-12-17)21-19(26)14-5-3-2-4-6-14/h2-6,9-12,15H,7-8H2,1H3,(H,21,26)(H,22,27). The van der Waals surface area contributed by atoms with E-state index in [1.54, 1.807) is 28.9 Å². The van der Waals surface area contributed by atoms with Crippen LogP contribution in [0.5, 0.6) is 0 Å². The summed E-state index contributed by atoms with van der Waals surface area (Å²) in [5.41, 5.74) is 3.05. The van der Waals surface area contributed by atoms with Gasteiger partial charge < -0.3 is 10.6 Å². The summed E-state index contributed by atoms with van der Waals surface area (Å²) in [6, 6.07) is 16.5. The number of benzene rings is 2. The number of hydrogen-bond acceptors (Lipinski definition) is 4. The number of anilines is 1. The third-order valence-corrected chi connectivity index (χ3v) is 4.43. The highest BCUT2D eigenvalue weighted by molar-refractivity contribution is 6.04. The maximum Gasteiger partial charge on any atom is 0.273 e. The van der Waals surface area contributed by atoms with Gasteiger partial charge in [0.1, 0.15) is 0 Å². The molecule has 0 unspecified atom stereocenters. The van der Waals surface area contributed by atoms with E-state index in [4.69, 9.17) is 0 Å². The number of nitrogens with zero attached hydrogens (tertiary/aromatic N) is 3. The van der Waals surface area contributed by atoms with Crippen molar-refractivity contribution in [3.8, 4) is 5.69 Å². The minimum atomic E-state index is -0.187. The molecule has 1 fully saturated rings. The Bertz CT molecular complexity index is 975. The molecule has 3 aromatic rings. The molecule has 4 rings (SSSR count). The monoisotopic (exact) mass is 361 g/mol. The van der Waals surface area contributed by atoms with Gasteiger partial charge in [0, 0.05) is 17.3 Å². The number of nitrogens with one attached hydrogen (secondary N) is 2. The highest BCUT2D eigenvalue weighted by Crippen LogP contribution is 2.20. The minimum Gasteiger partial charge on any atom is -0.348 e. The van der Waals surface area contributed by atoms with Gasteiger partial charge in [-0.1, -0.05) is 23.4 Å². The Morgan fingerprint density at radius 3 is 2.37 bits per heavy atom. The molecule has 1 aromatic heterocycles. The fraction of sp³-hybridized carbons (Fsp3) is 0.200. The van der Waals surface area contributed by atoms with E-state index in [1.807, 2.05) is 37.3 Å². The Kier molecular flexibility index (Phi) is 4.42. The van der Waals surface area contributed by atoms with Crippen molar-refractivity contribution in [2.75, 3.05) is 5.32 Å². The molecule has 2 N–H and O–H groups in total. The molecule has 2 aromatic carbocycles. The Labute approximate surface area is 156 Å². The van der Waals surface area contributed by atoms with Gasteiger partial charge in [0.2, 0.25) is 0 Å². The van der Waals surface area contributed by atoms with Gasteiger partial charge in [-0.05, 0) is 56.2 Å². The first-order valence-electron chi connectivity index (χ1n) is 8.82. The molecule has 0 saturated heterocycles. The number of carbonyl (C=O) groups is 2. The quantitative estimate of drug-likeness (QED) is 0.731. The van der Waals surface area contributed by atoms with Crippen molar-refractivity contribution in [3.63, 3.8) is 0 Å². The van der Waals surface area contributed by atoms with Gasteiger partial charge in [0.05, 0.1) is 11.4 Å². The van der Waals surface area contributed by atoms with Crippen LogP contribution in [0.4, 0.5) is 5.69 Å². The summed E-state index contributed by atoms with van der Waals surface area (Å²) in [4.78, 5) is 24.4. The van der Waals surface area contributed by atoms with Crippen LogP contribution in [0.25, 0.3) is 5.69 Å². The fourth-order valence-electron chi connectivity index (χ4n) is 2.74. The van der Waals surface area contributed by atoms with Crippen molar-refractivity contribution < 1.29 is 9.59 Å². The smallest absolute Gasteiger partial charge is 0.273 e. The van der Waals surface area contributed by atoms with Crippen molar-refractivity contribution in [1.29, 1.82) is 0 Å². The van der Waals surface area contributed by atoms with Crippen LogP contribution in [0, 0.1) is 6.92 Å². The van der Waals surface area contributed by atoms with E-state index in [0.717, 1.165) is 18.5 Å². The summed E-state index contributed by atoms with van der Waals surface area (Å²) in [7, 11) is 0. The zero-order valence-electron chi connectivity index (χ0n) is 14.8. The molecule has 1 heterocycles. The van der Waals surface area contributed by atoms with Crippen LogP contribution in [0.1, 0.15) is 39.4 Å². The molecule has 7 nitrogen and oxygen atoms in total. The van der Waals surface area contributed by atoms with E-state index in [0.29, 0.717) is 22.6 Å². The van der Waals surface area contributed by atoms with Crippen molar-refractivity contribution in [1.82, 2.24) is 20.3 Å². The van der Waals surface area contributed by atoms with Gasteiger partial charge in [-0.2, -0.15) is 0 Å². The van der Waals surface area contributed by atoms with Gasteiger partial charge in [0.25, 0.3) is 11.8 Å². The van der Waals surface area contributed by atoms with Gasteiger partial charge in [-0.3, -0.25) is 9.59 Å². The maximum atomic E-state index is 12.2. The molecule has 0 aliphatic heterocycles. The first-order valence-corrected chi connectivity index (χ1v) is 8.82. The molecule has 1 saturated carbocycles. The molecule has 1 aliphatic rings. The Morgan fingerprint density at radius 1 is 1.00 bits per heavy atom. The van der Waals surface area contributed by atoms with E-state index in [-0.39, 0.29) is 17.9 Å². The maximum absolute atomic E-state index is 12.2. The molecular weight excluding hydrogens is 342 g/mol. The molecular formula is C20H19N5O2. The first-order chi connectivity index (χ1) is 13.1. The van der Waals surface area contributed by atoms with E-state index in [2.05, 4.69) is 20.9 Å². The fourth-order valence-corrected chi connectivity index (χ4v) is 2.74. The molecule has 27 heavy (non-hydrogen) atoms. The highest BCUT2D eigenvalue weighted by atomic mass is 16.2. The number of rotatable bonds is 5. The van der Waals surface area contributed by atoms with Crippen molar-refractivity contribution in [3.05, 3.63) is 71.5 Å². The lowest BCUT2D eigenvalue weighted by atomic mass is 10.2. The summed E-state index contributed by atoms with van der Waals surface area (Å²) in [6.07, 6.45) is 2.05.